The lowest BCUT2D eigenvalue weighted by Crippen LogP contribution is -2.69. The molecule has 114 valence electrons. The van der Waals surface area contributed by atoms with Crippen molar-refractivity contribution in [3.63, 3.8) is 0 Å². The zero-order chi connectivity index (χ0) is 15.5. The van der Waals surface area contributed by atoms with Gasteiger partial charge in [-0.05, 0) is 25.2 Å². The molecule has 0 radical (unpaired) electrons. The summed E-state index contributed by atoms with van der Waals surface area (Å²) in [5.74, 6) is 0. The van der Waals surface area contributed by atoms with Gasteiger partial charge in [-0.25, -0.2) is 4.79 Å². The highest BCUT2D eigenvalue weighted by Crippen LogP contribution is 2.27. The smallest absolute Gasteiger partial charge is 0.408 e. The number of rotatable bonds is 4. The van der Waals surface area contributed by atoms with Crippen molar-refractivity contribution in [2.45, 2.75) is 12.1 Å². The van der Waals surface area contributed by atoms with Crippen LogP contribution >= 0.6 is 11.6 Å². The molecule has 2 N–H and O–H groups in total. The van der Waals surface area contributed by atoms with Gasteiger partial charge in [0, 0.05) is 30.2 Å². The molecule has 1 atom stereocenters. The number of piperazine rings is 1. The quantitative estimate of drug-likeness (QED) is 0.827. The Kier molecular flexibility index (Phi) is 4.69. The average molecular weight is 312 g/mol. The maximum atomic E-state index is 11.4. The number of nitrogens with one attached hydrogen (secondary N) is 1. The highest BCUT2D eigenvalue weighted by atomic mass is 35.5. The highest BCUT2D eigenvalue weighted by molar-refractivity contribution is 6.30. The van der Waals surface area contributed by atoms with Crippen molar-refractivity contribution < 1.29 is 14.7 Å². The normalized spacial score (nSPS) is 22.2. The first-order chi connectivity index (χ1) is 10.0. The molecule has 1 amide bonds. The lowest BCUT2D eigenvalue weighted by Gasteiger charge is -2.49. The molecule has 6 nitrogen and oxygen atoms in total. The largest absolute Gasteiger partial charge is 0.465 e. The van der Waals surface area contributed by atoms with Crippen LogP contribution in [0.15, 0.2) is 24.3 Å². The standard InChI is InChI=1S/C14H18ClN3O3/c1-16-14(5-8-19)10-17(6-7-18(14)13(20)21)12-4-2-3-11(15)9-12/h2-4,8-9,16H,5-7,10H2,1H3,(H,20,21). The van der Waals surface area contributed by atoms with E-state index >= 15 is 0 Å². The number of carboxylic acid groups (broad SMARTS) is 1. The molecular weight excluding hydrogens is 294 g/mol. The molecule has 1 aliphatic heterocycles. The molecule has 0 saturated carbocycles. The predicted octanol–water partition coefficient (Wildman–Crippen LogP) is 1.64. The molecule has 2 rings (SSSR count). The first-order valence-corrected chi connectivity index (χ1v) is 7.04. The molecule has 1 aliphatic rings. The SMILES string of the molecule is CNC1(CC=O)CN(c2cccc(Cl)c2)CCN1C(=O)O. The number of nitrogens with zero attached hydrogens (tertiary/aromatic N) is 2. The number of aldehydes is 1. The van der Waals surface area contributed by atoms with E-state index < -0.39 is 11.8 Å². The minimum atomic E-state index is -1.03. The fourth-order valence-corrected chi connectivity index (χ4v) is 2.90. The van der Waals surface area contributed by atoms with Crippen molar-refractivity contribution in [3.8, 4) is 0 Å². The Hall–Kier alpha value is -1.79. The first-order valence-electron chi connectivity index (χ1n) is 6.66. The monoisotopic (exact) mass is 311 g/mol. The topological polar surface area (TPSA) is 72.9 Å². The number of carbonyl (C=O) groups excluding carboxylic acids is 1. The Labute approximate surface area is 128 Å². The van der Waals surface area contributed by atoms with E-state index in [-0.39, 0.29) is 6.42 Å². The molecule has 1 unspecified atom stereocenters. The summed E-state index contributed by atoms with van der Waals surface area (Å²) < 4.78 is 0. The third-order valence-electron chi connectivity index (χ3n) is 3.85. The van der Waals surface area contributed by atoms with E-state index in [1.165, 1.54) is 4.90 Å². The summed E-state index contributed by atoms with van der Waals surface area (Å²) in [5, 5.41) is 13.0. The Morgan fingerprint density at radius 1 is 1.52 bits per heavy atom. The average Bonchev–Trinajstić information content (AvgIpc) is 2.47. The second-order valence-corrected chi connectivity index (χ2v) is 5.42. The summed E-state index contributed by atoms with van der Waals surface area (Å²) in [4.78, 5) is 25.8. The van der Waals surface area contributed by atoms with Gasteiger partial charge in [-0.1, -0.05) is 17.7 Å². The first kappa shape index (κ1) is 15.6. The third kappa shape index (κ3) is 3.11. The van der Waals surface area contributed by atoms with Gasteiger partial charge in [-0.3, -0.25) is 10.2 Å². The van der Waals surface area contributed by atoms with Crippen LogP contribution in [0.25, 0.3) is 0 Å². The van der Waals surface area contributed by atoms with Gasteiger partial charge in [-0.2, -0.15) is 0 Å². The van der Waals surface area contributed by atoms with Crippen molar-refractivity contribution in [3.05, 3.63) is 29.3 Å². The number of likely N-dealkylation sites (N-methyl/N-ethyl adjacent to an activating group) is 1. The van der Waals surface area contributed by atoms with Crippen LogP contribution < -0.4 is 10.2 Å². The van der Waals surface area contributed by atoms with E-state index in [0.717, 1.165) is 12.0 Å². The Bertz CT molecular complexity index is 540. The van der Waals surface area contributed by atoms with E-state index in [1.807, 2.05) is 23.1 Å². The molecule has 0 aliphatic carbocycles. The van der Waals surface area contributed by atoms with Crippen LogP contribution in [0.5, 0.6) is 0 Å². The molecule has 1 heterocycles. The van der Waals surface area contributed by atoms with Gasteiger partial charge < -0.3 is 14.8 Å². The number of halogens is 1. The third-order valence-corrected chi connectivity index (χ3v) is 4.09. The van der Waals surface area contributed by atoms with E-state index in [2.05, 4.69) is 5.32 Å². The number of carbonyl (C=O) groups is 2. The number of anilines is 1. The van der Waals surface area contributed by atoms with E-state index in [0.29, 0.717) is 24.7 Å². The second kappa shape index (κ2) is 6.32. The molecule has 0 bridgehead atoms. The van der Waals surface area contributed by atoms with Crippen LogP contribution in [0.2, 0.25) is 5.02 Å². The molecule has 0 spiro atoms. The van der Waals surface area contributed by atoms with Crippen LogP contribution in [-0.4, -0.2) is 54.7 Å². The van der Waals surface area contributed by atoms with Crippen LogP contribution in [-0.2, 0) is 4.79 Å². The zero-order valence-corrected chi connectivity index (χ0v) is 12.5. The predicted molar refractivity (Wildman–Crippen MR) is 80.9 cm³/mol. The van der Waals surface area contributed by atoms with Gasteiger partial charge in [-0.15, -0.1) is 0 Å². The lowest BCUT2D eigenvalue weighted by atomic mass is 10.0. The van der Waals surface area contributed by atoms with Crippen molar-refractivity contribution in [1.29, 1.82) is 0 Å². The lowest BCUT2D eigenvalue weighted by molar-refractivity contribution is -0.110. The van der Waals surface area contributed by atoms with Gasteiger partial charge in [0.1, 0.15) is 11.9 Å². The molecule has 1 aromatic rings. The van der Waals surface area contributed by atoms with Gasteiger partial charge >= 0.3 is 6.09 Å². The maximum absolute atomic E-state index is 11.4. The summed E-state index contributed by atoms with van der Waals surface area (Å²) in [6, 6.07) is 7.39. The van der Waals surface area contributed by atoms with E-state index in [1.54, 1.807) is 13.1 Å². The van der Waals surface area contributed by atoms with E-state index in [4.69, 9.17) is 11.6 Å². The summed E-state index contributed by atoms with van der Waals surface area (Å²) >= 11 is 6.01. The van der Waals surface area contributed by atoms with Crippen molar-refractivity contribution in [2.75, 3.05) is 31.6 Å². The minimum absolute atomic E-state index is 0.0901. The fraction of sp³-hybridized carbons (Fsp3) is 0.429. The molecule has 1 fully saturated rings. The van der Waals surface area contributed by atoms with Gasteiger partial charge in [0.05, 0.1) is 6.54 Å². The van der Waals surface area contributed by atoms with Crippen LogP contribution in [0.1, 0.15) is 6.42 Å². The fourth-order valence-electron chi connectivity index (χ4n) is 2.72. The molecule has 21 heavy (non-hydrogen) atoms. The van der Waals surface area contributed by atoms with Gasteiger partial charge in [0.15, 0.2) is 0 Å². The van der Waals surface area contributed by atoms with Crippen molar-refractivity contribution in [1.82, 2.24) is 10.2 Å². The molecule has 1 aromatic carbocycles. The van der Waals surface area contributed by atoms with E-state index in [9.17, 15) is 14.7 Å². The molecule has 7 heteroatoms. The molecule has 0 aromatic heterocycles. The Balaban J connectivity index is 2.30. The summed E-state index contributed by atoms with van der Waals surface area (Å²) in [5.41, 5.74) is -0.00760. The maximum Gasteiger partial charge on any atom is 0.408 e. The zero-order valence-electron chi connectivity index (χ0n) is 11.8. The summed E-state index contributed by atoms with van der Waals surface area (Å²) in [6.45, 7) is 1.25. The van der Waals surface area contributed by atoms with Crippen molar-refractivity contribution >= 4 is 29.7 Å². The number of amides is 1. The van der Waals surface area contributed by atoms with Crippen LogP contribution in [0, 0.1) is 0 Å². The minimum Gasteiger partial charge on any atom is -0.465 e. The summed E-state index contributed by atoms with van der Waals surface area (Å²) in [7, 11) is 1.67. The van der Waals surface area contributed by atoms with Crippen LogP contribution in [0.4, 0.5) is 10.5 Å². The van der Waals surface area contributed by atoms with Crippen molar-refractivity contribution in [2.24, 2.45) is 0 Å². The molecular formula is C14H18ClN3O3. The van der Waals surface area contributed by atoms with Gasteiger partial charge in [0.2, 0.25) is 0 Å². The number of benzene rings is 1. The second-order valence-electron chi connectivity index (χ2n) is 4.99. The number of hydrogen-bond donors (Lipinski definition) is 2. The van der Waals surface area contributed by atoms with Gasteiger partial charge in [0.25, 0.3) is 0 Å². The highest BCUT2D eigenvalue weighted by Gasteiger charge is 2.43. The molecule has 1 saturated heterocycles. The van der Waals surface area contributed by atoms with Crippen LogP contribution in [0.3, 0.4) is 0 Å². The number of hydrogen-bond acceptors (Lipinski definition) is 4. The Morgan fingerprint density at radius 2 is 2.29 bits per heavy atom. The Morgan fingerprint density at radius 3 is 2.86 bits per heavy atom. The summed E-state index contributed by atoms with van der Waals surface area (Å²) in [6.07, 6.45) is -0.197.